The van der Waals surface area contributed by atoms with Crippen LogP contribution in [0.1, 0.15) is 30.7 Å². The lowest BCUT2D eigenvalue weighted by Gasteiger charge is -2.18. The number of nitrogens with zero attached hydrogens (tertiary/aromatic N) is 2. The number of aromatic nitrogens is 2. The van der Waals surface area contributed by atoms with Crippen molar-refractivity contribution >= 4 is 45.3 Å². The Bertz CT molecular complexity index is 774. The van der Waals surface area contributed by atoms with Crippen molar-refractivity contribution in [2.75, 3.05) is 0 Å². The van der Waals surface area contributed by atoms with Crippen LogP contribution in [-0.2, 0) is 17.6 Å². The predicted octanol–water partition coefficient (Wildman–Crippen LogP) is 2.49. The van der Waals surface area contributed by atoms with Gasteiger partial charge in [0, 0.05) is 10.3 Å². The maximum absolute atomic E-state index is 11.9. The maximum Gasteiger partial charge on any atom is 0.318 e. The number of hydrogen-bond donors (Lipinski definition) is 2. The molecule has 0 unspecified atom stereocenters. The van der Waals surface area contributed by atoms with Gasteiger partial charge < -0.3 is 5.73 Å². The molecule has 1 aliphatic rings. The Morgan fingerprint density at radius 3 is 3.00 bits per heavy atom. The summed E-state index contributed by atoms with van der Waals surface area (Å²) in [5, 5.41) is 3.52. The van der Waals surface area contributed by atoms with Crippen molar-refractivity contribution in [3.05, 3.63) is 16.8 Å². The number of fused-ring (bicyclic) bond motifs is 3. The number of hydrogen-bond acceptors (Lipinski definition) is 6. The van der Waals surface area contributed by atoms with E-state index in [9.17, 15) is 9.59 Å². The van der Waals surface area contributed by atoms with Crippen molar-refractivity contribution in [3.8, 4) is 0 Å². The van der Waals surface area contributed by atoms with Crippen molar-refractivity contribution in [1.82, 2.24) is 15.3 Å². The highest BCUT2D eigenvalue weighted by Crippen LogP contribution is 2.41. The molecule has 1 aliphatic carbocycles. The molecule has 3 amide bonds. The van der Waals surface area contributed by atoms with Crippen LogP contribution in [0.5, 0.6) is 0 Å². The Morgan fingerprint density at radius 1 is 1.48 bits per heavy atom. The normalized spacial score (nSPS) is 18.4. The first-order valence-corrected chi connectivity index (χ1v) is 9.17. The quantitative estimate of drug-likeness (QED) is 0.655. The smallest absolute Gasteiger partial charge is 0.318 e. The number of primary amides is 1. The first kappa shape index (κ1) is 16.2. The van der Waals surface area contributed by atoms with Gasteiger partial charge in [0.2, 0.25) is 5.91 Å². The van der Waals surface area contributed by atoms with Gasteiger partial charge in [0.25, 0.3) is 0 Å². The summed E-state index contributed by atoms with van der Waals surface area (Å²) in [7, 11) is 0. The number of thiophene rings is 1. The zero-order chi connectivity index (χ0) is 16.6. The summed E-state index contributed by atoms with van der Waals surface area (Å²) in [6.45, 7) is 4.00. The third kappa shape index (κ3) is 3.32. The maximum atomic E-state index is 11.9. The van der Waals surface area contributed by atoms with Crippen LogP contribution in [0.15, 0.2) is 11.4 Å². The molecule has 0 fully saturated rings. The van der Waals surface area contributed by atoms with Gasteiger partial charge in [-0.2, -0.15) is 0 Å². The number of carbonyl (C=O) groups excluding carboxylic acids is 2. The van der Waals surface area contributed by atoms with E-state index in [4.69, 9.17) is 5.73 Å². The fourth-order valence-electron chi connectivity index (χ4n) is 2.78. The number of aryl methyl sites for hydroxylation is 1. The molecule has 0 saturated heterocycles. The second kappa shape index (κ2) is 6.45. The van der Waals surface area contributed by atoms with Crippen LogP contribution in [0.3, 0.4) is 0 Å². The van der Waals surface area contributed by atoms with E-state index in [1.54, 1.807) is 18.3 Å². The zero-order valence-electron chi connectivity index (χ0n) is 13.0. The minimum Gasteiger partial charge on any atom is -0.351 e. The third-order valence-electron chi connectivity index (χ3n) is 3.96. The summed E-state index contributed by atoms with van der Waals surface area (Å²) in [6, 6.07) is -0.836. The Balaban J connectivity index is 1.92. The molecule has 3 N–H and O–H groups in total. The number of imide groups is 1. The van der Waals surface area contributed by atoms with Crippen LogP contribution in [-0.4, -0.2) is 27.2 Å². The average molecular weight is 350 g/mol. The number of nitrogens with one attached hydrogen (secondary N) is 1. The molecule has 3 rings (SSSR count). The third-order valence-corrected chi connectivity index (χ3v) is 6.22. The summed E-state index contributed by atoms with van der Waals surface area (Å²) < 4.78 is 0. The van der Waals surface area contributed by atoms with E-state index in [1.165, 1.54) is 28.5 Å². The second-order valence-electron chi connectivity index (χ2n) is 5.82. The van der Waals surface area contributed by atoms with Crippen LogP contribution in [0, 0.1) is 5.92 Å². The molecule has 6 nitrogen and oxygen atoms in total. The molecule has 2 aromatic rings. The minimum atomic E-state index is -0.836. The van der Waals surface area contributed by atoms with Crippen LogP contribution in [0.4, 0.5) is 4.79 Å². The average Bonchev–Trinajstić information content (AvgIpc) is 2.84. The summed E-state index contributed by atoms with van der Waals surface area (Å²) in [4.78, 5) is 33.8. The van der Waals surface area contributed by atoms with Gasteiger partial charge in [-0.05, 0) is 37.7 Å². The van der Waals surface area contributed by atoms with E-state index >= 15 is 0 Å². The number of carbonyl (C=O) groups is 2. The molecular weight excluding hydrogens is 332 g/mol. The molecule has 0 saturated carbocycles. The molecule has 0 radical (unpaired) electrons. The lowest BCUT2D eigenvalue weighted by Crippen LogP contribution is -2.39. The molecule has 2 aromatic heterocycles. The van der Waals surface area contributed by atoms with Gasteiger partial charge in [0.1, 0.15) is 16.2 Å². The van der Waals surface area contributed by atoms with Gasteiger partial charge in [0.15, 0.2) is 0 Å². The van der Waals surface area contributed by atoms with E-state index in [-0.39, 0.29) is 0 Å². The zero-order valence-corrected chi connectivity index (χ0v) is 14.6. The van der Waals surface area contributed by atoms with Gasteiger partial charge in [-0.1, -0.05) is 18.7 Å². The number of urea groups is 1. The molecule has 0 spiro atoms. The number of rotatable bonds is 3. The predicted molar refractivity (Wildman–Crippen MR) is 91.6 cm³/mol. The number of nitrogens with two attached hydrogens (primary N) is 1. The van der Waals surface area contributed by atoms with Crippen LogP contribution in [0.2, 0.25) is 0 Å². The lowest BCUT2D eigenvalue weighted by molar-refractivity contribution is -0.119. The van der Waals surface area contributed by atoms with E-state index in [1.807, 2.05) is 0 Å². The van der Waals surface area contributed by atoms with E-state index in [0.29, 0.717) is 5.92 Å². The molecule has 2 atom stereocenters. The van der Waals surface area contributed by atoms with Crippen molar-refractivity contribution in [1.29, 1.82) is 0 Å². The SMILES string of the molecule is C[C@H]1CCc2c(sc3ncnc(S[C@@H](C)C(=O)NC(N)=O)c23)C1. The summed E-state index contributed by atoms with van der Waals surface area (Å²) in [5.74, 6) is 0.284. The highest BCUT2D eigenvalue weighted by atomic mass is 32.2. The molecule has 122 valence electrons. The Hall–Kier alpha value is -1.67. The molecule has 23 heavy (non-hydrogen) atoms. The Morgan fingerprint density at radius 2 is 2.26 bits per heavy atom. The van der Waals surface area contributed by atoms with E-state index < -0.39 is 17.2 Å². The molecule has 0 bridgehead atoms. The van der Waals surface area contributed by atoms with E-state index in [2.05, 4.69) is 22.2 Å². The Labute approximate surface area is 142 Å². The topological polar surface area (TPSA) is 98.0 Å². The van der Waals surface area contributed by atoms with Gasteiger partial charge in [-0.25, -0.2) is 14.8 Å². The second-order valence-corrected chi connectivity index (χ2v) is 8.24. The summed E-state index contributed by atoms with van der Waals surface area (Å²) in [5.41, 5.74) is 6.33. The van der Waals surface area contributed by atoms with Gasteiger partial charge in [0.05, 0.1) is 5.25 Å². The summed E-state index contributed by atoms with van der Waals surface area (Å²) >= 11 is 3.06. The van der Waals surface area contributed by atoms with Crippen LogP contribution in [0.25, 0.3) is 10.2 Å². The molecule has 0 aromatic carbocycles. The first-order chi connectivity index (χ1) is 11.0. The highest BCUT2D eigenvalue weighted by Gasteiger charge is 2.25. The lowest BCUT2D eigenvalue weighted by atomic mass is 9.89. The fourth-order valence-corrected chi connectivity index (χ4v) is 5.14. The van der Waals surface area contributed by atoms with Crippen molar-refractivity contribution in [2.24, 2.45) is 11.7 Å². The molecule has 0 aliphatic heterocycles. The number of thioether (sulfide) groups is 1. The van der Waals surface area contributed by atoms with Gasteiger partial charge in [-0.3, -0.25) is 10.1 Å². The minimum absolute atomic E-state index is 0.410. The van der Waals surface area contributed by atoms with Crippen LogP contribution < -0.4 is 11.1 Å². The fraction of sp³-hybridized carbons (Fsp3) is 0.467. The molecule has 8 heteroatoms. The molecule has 2 heterocycles. The molecular formula is C15H18N4O2S2. The summed E-state index contributed by atoms with van der Waals surface area (Å²) in [6.07, 6.45) is 4.81. The largest absolute Gasteiger partial charge is 0.351 e. The van der Waals surface area contributed by atoms with E-state index in [0.717, 1.165) is 34.5 Å². The monoisotopic (exact) mass is 350 g/mol. The van der Waals surface area contributed by atoms with Crippen LogP contribution >= 0.6 is 23.1 Å². The number of amides is 3. The van der Waals surface area contributed by atoms with Crippen molar-refractivity contribution < 1.29 is 9.59 Å². The van der Waals surface area contributed by atoms with Crippen molar-refractivity contribution in [3.63, 3.8) is 0 Å². The van der Waals surface area contributed by atoms with Crippen molar-refractivity contribution in [2.45, 2.75) is 43.4 Å². The van der Waals surface area contributed by atoms with Gasteiger partial charge >= 0.3 is 6.03 Å². The van der Waals surface area contributed by atoms with Gasteiger partial charge in [-0.15, -0.1) is 11.3 Å². The Kier molecular flexibility index (Phi) is 4.54. The first-order valence-electron chi connectivity index (χ1n) is 7.48. The highest BCUT2D eigenvalue weighted by molar-refractivity contribution is 8.00. The standard InChI is InChI=1S/C15H18N4O2S2/c1-7-3-4-9-10(5-7)23-14-11(9)13(17-6-18-14)22-8(2)12(20)19-15(16)21/h6-8H,3-5H2,1-2H3,(H3,16,19,20,21)/t7-,8-/m0/s1.